The molecular weight excluding hydrogens is 279 g/mol. The minimum absolute atomic E-state index is 0.158. The normalized spacial score (nSPS) is 12.2. The Hall–Kier alpha value is -1.95. The van der Waals surface area contributed by atoms with Gasteiger partial charge in [-0.1, -0.05) is 0 Å². The van der Waals surface area contributed by atoms with Crippen LogP contribution >= 0.6 is 0 Å². The van der Waals surface area contributed by atoms with Crippen LogP contribution in [-0.4, -0.2) is 16.3 Å². The first-order valence-electron chi connectivity index (χ1n) is 5.94. The monoisotopic (exact) mass is 294 g/mol. The molecule has 1 aromatic carbocycles. The van der Waals surface area contributed by atoms with E-state index >= 15 is 0 Å². The summed E-state index contributed by atoms with van der Waals surface area (Å²) in [5, 5.41) is 0. The predicted molar refractivity (Wildman–Crippen MR) is 76.5 cm³/mol. The lowest BCUT2D eigenvalue weighted by atomic mass is 10.3. The second-order valence-electron chi connectivity index (χ2n) is 4.31. The minimum Gasteiger partial charge on any atom is -0.497 e. The van der Waals surface area contributed by atoms with E-state index < -0.39 is 16.6 Å². The number of pyridine rings is 1. The van der Waals surface area contributed by atoms with E-state index in [0.29, 0.717) is 17.1 Å². The molecule has 0 bridgehead atoms. The van der Waals surface area contributed by atoms with Gasteiger partial charge in [-0.05, 0) is 25.1 Å². The number of aromatic nitrogens is 1. The highest BCUT2D eigenvalue weighted by Crippen LogP contribution is 2.21. The number of hydrogen-bond acceptors (Lipinski definition) is 4. The summed E-state index contributed by atoms with van der Waals surface area (Å²) in [5.74, 6) is 0.347. The molecule has 1 atom stereocenters. The van der Waals surface area contributed by atoms with Crippen molar-refractivity contribution < 1.29 is 13.3 Å². The molecule has 6 heteroatoms. The van der Waals surface area contributed by atoms with E-state index in [4.69, 9.17) is 10.5 Å². The lowest BCUT2D eigenvalue weighted by Gasteiger charge is -2.08. The number of ether oxygens (including phenoxy) is 1. The van der Waals surface area contributed by atoms with Gasteiger partial charge in [-0.25, -0.2) is 4.39 Å². The highest BCUT2D eigenvalue weighted by atomic mass is 32.2. The number of rotatable bonds is 4. The van der Waals surface area contributed by atoms with Crippen molar-refractivity contribution in [3.8, 4) is 5.75 Å². The van der Waals surface area contributed by atoms with Gasteiger partial charge in [0.25, 0.3) is 0 Å². The van der Waals surface area contributed by atoms with Gasteiger partial charge in [0, 0.05) is 23.5 Å². The third-order valence-electron chi connectivity index (χ3n) is 2.72. The van der Waals surface area contributed by atoms with Crippen molar-refractivity contribution in [3.63, 3.8) is 0 Å². The Balaban J connectivity index is 2.27. The number of nitrogen functional groups attached to an aromatic ring is 1. The van der Waals surface area contributed by atoms with Crippen LogP contribution in [0.2, 0.25) is 0 Å². The van der Waals surface area contributed by atoms with Crippen LogP contribution in [0.5, 0.6) is 5.75 Å². The zero-order valence-electron chi connectivity index (χ0n) is 11.2. The summed E-state index contributed by atoms with van der Waals surface area (Å²) in [6.07, 6.45) is 0. The highest BCUT2D eigenvalue weighted by Gasteiger charge is 2.12. The lowest BCUT2D eigenvalue weighted by Crippen LogP contribution is -2.04. The average Bonchev–Trinajstić information content (AvgIpc) is 2.40. The fraction of sp³-hybridized carbons (Fsp3) is 0.214. The van der Waals surface area contributed by atoms with E-state index in [-0.39, 0.29) is 10.6 Å². The molecule has 0 radical (unpaired) electrons. The third-order valence-corrected chi connectivity index (χ3v) is 4.12. The Morgan fingerprint density at radius 2 is 2.10 bits per heavy atom. The van der Waals surface area contributed by atoms with Crippen molar-refractivity contribution >= 4 is 16.5 Å². The number of methoxy groups -OCH3 is 1. The maximum Gasteiger partial charge on any atom is 0.124 e. The molecule has 0 aliphatic rings. The van der Waals surface area contributed by atoms with Crippen molar-refractivity contribution in [1.29, 1.82) is 0 Å². The largest absolute Gasteiger partial charge is 0.497 e. The number of halogens is 1. The molecule has 2 aromatic rings. The minimum atomic E-state index is -1.46. The predicted octanol–water partition coefficient (Wildman–Crippen LogP) is 2.43. The molecule has 0 amide bonds. The molecule has 0 aliphatic carbocycles. The summed E-state index contributed by atoms with van der Waals surface area (Å²) < 4.78 is 30.6. The maximum atomic E-state index is 13.2. The van der Waals surface area contributed by atoms with Gasteiger partial charge in [0.15, 0.2) is 0 Å². The first-order chi connectivity index (χ1) is 9.49. The summed E-state index contributed by atoms with van der Waals surface area (Å²) in [6.45, 7) is 1.82. The Bertz CT molecular complexity index is 662. The maximum absolute atomic E-state index is 13.2. The Morgan fingerprint density at radius 3 is 2.80 bits per heavy atom. The van der Waals surface area contributed by atoms with Gasteiger partial charge in [-0.2, -0.15) is 0 Å². The zero-order valence-corrected chi connectivity index (χ0v) is 12.0. The molecule has 0 saturated heterocycles. The average molecular weight is 294 g/mol. The van der Waals surface area contributed by atoms with Crippen LogP contribution in [0.4, 0.5) is 10.1 Å². The Kier molecular flexibility index (Phi) is 4.34. The smallest absolute Gasteiger partial charge is 0.124 e. The standard InChI is InChI=1S/C14H15FN2O2S/c1-9-5-12(19-2)7-11(17-9)8-20(18)14-6-10(15)3-4-13(14)16/h3-7H,8,16H2,1-2H3. The number of hydrogen-bond donors (Lipinski definition) is 1. The van der Waals surface area contributed by atoms with Gasteiger partial charge in [0.05, 0.1) is 34.3 Å². The summed E-state index contributed by atoms with van der Waals surface area (Å²) in [6, 6.07) is 7.33. The van der Waals surface area contributed by atoms with Crippen molar-refractivity contribution in [2.75, 3.05) is 12.8 Å². The van der Waals surface area contributed by atoms with Gasteiger partial charge in [0.2, 0.25) is 0 Å². The molecule has 0 spiro atoms. The molecular formula is C14H15FN2O2S. The van der Waals surface area contributed by atoms with Crippen LogP contribution in [0.15, 0.2) is 35.2 Å². The molecule has 0 fully saturated rings. The zero-order chi connectivity index (χ0) is 14.7. The summed E-state index contributed by atoms with van der Waals surface area (Å²) in [4.78, 5) is 4.58. The third kappa shape index (κ3) is 3.33. The van der Waals surface area contributed by atoms with Crippen LogP contribution < -0.4 is 10.5 Å². The van der Waals surface area contributed by atoms with Gasteiger partial charge in [0.1, 0.15) is 11.6 Å². The molecule has 2 N–H and O–H groups in total. The van der Waals surface area contributed by atoms with E-state index in [9.17, 15) is 8.60 Å². The molecule has 0 saturated carbocycles. The molecule has 0 aliphatic heterocycles. The lowest BCUT2D eigenvalue weighted by molar-refractivity contribution is 0.413. The number of nitrogens with zero attached hydrogens (tertiary/aromatic N) is 1. The van der Waals surface area contributed by atoms with E-state index in [1.54, 1.807) is 19.2 Å². The number of anilines is 1. The van der Waals surface area contributed by atoms with E-state index in [2.05, 4.69) is 4.98 Å². The summed E-state index contributed by atoms with van der Waals surface area (Å²) >= 11 is 0. The van der Waals surface area contributed by atoms with Crippen molar-refractivity contribution in [3.05, 3.63) is 47.5 Å². The van der Waals surface area contributed by atoms with Crippen LogP contribution in [-0.2, 0) is 16.6 Å². The fourth-order valence-electron chi connectivity index (χ4n) is 1.81. The molecule has 106 valence electrons. The van der Waals surface area contributed by atoms with Crippen LogP contribution in [0.3, 0.4) is 0 Å². The summed E-state index contributed by atoms with van der Waals surface area (Å²) in [7, 11) is 0.0978. The van der Waals surface area contributed by atoms with E-state index in [1.807, 2.05) is 6.92 Å². The molecule has 1 heterocycles. The number of benzene rings is 1. The van der Waals surface area contributed by atoms with E-state index in [1.165, 1.54) is 18.2 Å². The topological polar surface area (TPSA) is 65.2 Å². The van der Waals surface area contributed by atoms with Gasteiger partial charge < -0.3 is 10.5 Å². The van der Waals surface area contributed by atoms with Gasteiger partial charge in [-0.3, -0.25) is 9.19 Å². The summed E-state index contributed by atoms with van der Waals surface area (Å²) in [5.41, 5.74) is 7.42. The first-order valence-corrected chi connectivity index (χ1v) is 7.26. The molecule has 1 unspecified atom stereocenters. The van der Waals surface area contributed by atoms with Crippen molar-refractivity contribution in [1.82, 2.24) is 4.98 Å². The molecule has 20 heavy (non-hydrogen) atoms. The van der Waals surface area contributed by atoms with Crippen molar-refractivity contribution in [2.24, 2.45) is 0 Å². The fourth-order valence-corrected chi connectivity index (χ4v) is 2.96. The Labute approximate surface area is 119 Å². The quantitative estimate of drug-likeness (QED) is 0.880. The van der Waals surface area contributed by atoms with Crippen LogP contribution in [0.1, 0.15) is 11.4 Å². The second-order valence-corrected chi connectivity index (χ2v) is 5.73. The SMILES string of the molecule is COc1cc(C)nc(CS(=O)c2cc(F)ccc2N)c1. The highest BCUT2D eigenvalue weighted by molar-refractivity contribution is 7.84. The van der Waals surface area contributed by atoms with Gasteiger partial charge in [-0.15, -0.1) is 0 Å². The molecule has 2 rings (SSSR count). The Morgan fingerprint density at radius 1 is 1.35 bits per heavy atom. The molecule has 1 aromatic heterocycles. The number of nitrogens with two attached hydrogens (primary N) is 1. The van der Waals surface area contributed by atoms with Crippen LogP contribution in [0.25, 0.3) is 0 Å². The van der Waals surface area contributed by atoms with Crippen molar-refractivity contribution in [2.45, 2.75) is 17.6 Å². The first kappa shape index (κ1) is 14.5. The van der Waals surface area contributed by atoms with E-state index in [0.717, 1.165) is 5.69 Å². The number of aryl methyl sites for hydroxylation is 1. The van der Waals surface area contributed by atoms with Crippen LogP contribution in [0, 0.1) is 12.7 Å². The van der Waals surface area contributed by atoms with Gasteiger partial charge >= 0.3 is 0 Å². The molecule has 4 nitrogen and oxygen atoms in total. The second kappa shape index (κ2) is 6.00.